The Morgan fingerprint density at radius 1 is 1.09 bits per heavy atom. The zero-order chi connectivity index (χ0) is 25.5. The summed E-state index contributed by atoms with van der Waals surface area (Å²) in [6.45, 7) is 6.80. The van der Waals surface area contributed by atoms with Gasteiger partial charge < -0.3 is 14.6 Å². The number of carboxylic acids is 1. The fraction of sp³-hybridized carbons (Fsp3) is 0.857. The predicted molar refractivity (Wildman–Crippen MR) is 128 cm³/mol. The molecule has 0 aromatic rings. The van der Waals surface area contributed by atoms with Gasteiger partial charge in [-0.15, -0.1) is 0 Å². The normalized spacial score (nSPS) is 41.2. The molecule has 0 heterocycles. The number of fused-ring (bicyclic) bond motifs is 5. The Kier molecular flexibility index (Phi) is 7.36. The van der Waals surface area contributed by atoms with Gasteiger partial charge in [-0.3, -0.25) is 19.2 Å². The third-order valence-electron chi connectivity index (χ3n) is 10.9. The van der Waals surface area contributed by atoms with Gasteiger partial charge in [0.05, 0.1) is 7.11 Å². The maximum atomic E-state index is 12.6. The number of Topliss-reactive ketones (excluding diaryl/α,β-unsaturated/α-hetero) is 1. The van der Waals surface area contributed by atoms with Crippen molar-refractivity contribution in [2.45, 2.75) is 97.5 Å². The highest BCUT2D eigenvalue weighted by molar-refractivity contribution is 5.90. The van der Waals surface area contributed by atoms with E-state index in [1.807, 2.05) is 0 Å². The van der Waals surface area contributed by atoms with Gasteiger partial charge in [-0.25, -0.2) is 0 Å². The van der Waals surface area contributed by atoms with Crippen LogP contribution >= 0.6 is 0 Å². The Bertz CT molecular complexity index is 867. The second-order valence-electron chi connectivity index (χ2n) is 12.3. The molecular formula is C28H42O7. The van der Waals surface area contributed by atoms with Crippen LogP contribution < -0.4 is 0 Å². The summed E-state index contributed by atoms with van der Waals surface area (Å²) in [5.41, 5.74) is -0.192. The Hall–Kier alpha value is -1.92. The highest BCUT2D eigenvalue weighted by atomic mass is 16.5. The molecule has 9 atom stereocenters. The van der Waals surface area contributed by atoms with Gasteiger partial charge >= 0.3 is 17.9 Å². The number of ether oxygens (including phenoxy) is 2. The first-order chi connectivity index (χ1) is 16.5. The summed E-state index contributed by atoms with van der Waals surface area (Å²) >= 11 is 0. The molecule has 7 nitrogen and oxygen atoms in total. The molecule has 0 radical (unpaired) electrons. The molecule has 4 fully saturated rings. The minimum Gasteiger partial charge on any atom is -0.481 e. The van der Waals surface area contributed by atoms with Crippen molar-refractivity contribution in [2.75, 3.05) is 7.11 Å². The lowest BCUT2D eigenvalue weighted by molar-refractivity contribution is -0.195. The van der Waals surface area contributed by atoms with E-state index in [9.17, 15) is 24.3 Å². The van der Waals surface area contributed by atoms with Crippen LogP contribution in [0.3, 0.4) is 0 Å². The van der Waals surface area contributed by atoms with Crippen LogP contribution in [0.25, 0.3) is 0 Å². The first kappa shape index (κ1) is 26.2. The van der Waals surface area contributed by atoms with Gasteiger partial charge in [0.2, 0.25) is 0 Å². The first-order valence-corrected chi connectivity index (χ1v) is 13.5. The van der Waals surface area contributed by atoms with Crippen LogP contribution in [-0.4, -0.2) is 42.0 Å². The zero-order valence-corrected chi connectivity index (χ0v) is 21.7. The van der Waals surface area contributed by atoms with E-state index in [4.69, 9.17) is 9.47 Å². The van der Waals surface area contributed by atoms with Gasteiger partial charge in [-0.1, -0.05) is 20.8 Å². The van der Waals surface area contributed by atoms with E-state index in [0.29, 0.717) is 54.6 Å². The van der Waals surface area contributed by atoms with Gasteiger partial charge in [0.1, 0.15) is 18.3 Å². The molecule has 4 saturated carbocycles. The van der Waals surface area contributed by atoms with Crippen LogP contribution in [0.4, 0.5) is 0 Å². The minimum absolute atomic E-state index is 0.0597. The number of ketones is 1. The Morgan fingerprint density at radius 2 is 1.83 bits per heavy atom. The maximum Gasteiger partial charge on any atom is 0.317 e. The standard InChI is InChI=1S/C28H42O7/c1-16(5-10-25(32)34-4)20-8-9-21-19-7-6-17-13-18(29)11-12-27(17,2)22(19)14-23(28(20,21)3)35-26(33)15-24(30)31/h16-17,19-23H,5-15H2,1-4H3,(H,30,31)/t16-,17?,19+,20-,21+,22+,23+,27+,28-/m1/s1. The molecule has 1 unspecified atom stereocenters. The smallest absolute Gasteiger partial charge is 0.317 e. The number of hydrogen-bond donors (Lipinski definition) is 1. The Labute approximate surface area is 208 Å². The summed E-state index contributed by atoms with van der Waals surface area (Å²) in [5.74, 6) is 0.575. The molecule has 4 aliphatic carbocycles. The second-order valence-corrected chi connectivity index (χ2v) is 12.3. The van der Waals surface area contributed by atoms with E-state index in [0.717, 1.165) is 44.9 Å². The average Bonchev–Trinajstić information content (AvgIpc) is 3.16. The number of aliphatic carboxylic acids is 1. The molecule has 0 saturated heterocycles. The molecule has 0 aliphatic heterocycles. The monoisotopic (exact) mass is 490 g/mol. The largest absolute Gasteiger partial charge is 0.481 e. The van der Waals surface area contributed by atoms with Gasteiger partial charge in [-0.05, 0) is 85.9 Å². The summed E-state index contributed by atoms with van der Waals surface area (Å²) in [6.07, 6.45) is 7.36. The summed E-state index contributed by atoms with van der Waals surface area (Å²) in [7, 11) is 1.41. The van der Waals surface area contributed by atoms with E-state index >= 15 is 0 Å². The fourth-order valence-corrected chi connectivity index (χ4v) is 9.09. The van der Waals surface area contributed by atoms with Crippen molar-refractivity contribution in [3.63, 3.8) is 0 Å². The van der Waals surface area contributed by atoms with Crippen molar-refractivity contribution >= 4 is 23.7 Å². The number of rotatable bonds is 7. The molecule has 0 bridgehead atoms. The van der Waals surface area contributed by atoms with Crippen LogP contribution in [0.1, 0.15) is 91.4 Å². The van der Waals surface area contributed by atoms with Crippen molar-refractivity contribution in [2.24, 2.45) is 46.3 Å². The molecule has 7 heteroatoms. The summed E-state index contributed by atoms with van der Waals surface area (Å²) in [4.78, 5) is 47.9. The maximum absolute atomic E-state index is 12.6. The lowest BCUT2D eigenvalue weighted by Gasteiger charge is -2.62. The quantitative estimate of drug-likeness (QED) is 0.403. The van der Waals surface area contributed by atoms with Gasteiger partial charge in [0.25, 0.3) is 0 Å². The van der Waals surface area contributed by atoms with Gasteiger partial charge in [0.15, 0.2) is 0 Å². The molecule has 0 aromatic carbocycles. The van der Waals surface area contributed by atoms with E-state index in [-0.39, 0.29) is 28.8 Å². The molecule has 35 heavy (non-hydrogen) atoms. The van der Waals surface area contributed by atoms with Crippen molar-refractivity contribution < 1.29 is 33.8 Å². The number of carbonyl (C=O) groups is 4. The number of hydrogen-bond acceptors (Lipinski definition) is 6. The topological polar surface area (TPSA) is 107 Å². The highest BCUT2D eigenvalue weighted by Crippen LogP contribution is 2.68. The first-order valence-electron chi connectivity index (χ1n) is 13.5. The zero-order valence-electron chi connectivity index (χ0n) is 21.7. The highest BCUT2D eigenvalue weighted by Gasteiger charge is 2.65. The van der Waals surface area contributed by atoms with Crippen LogP contribution in [0.2, 0.25) is 0 Å². The third-order valence-corrected chi connectivity index (χ3v) is 10.9. The molecular weight excluding hydrogens is 448 g/mol. The van der Waals surface area contributed by atoms with Crippen LogP contribution in [0.15, 0.2) is 0 Å². The molecule has 196 valence electrons. The second kappa shape index (κ2) is 9.85. The van der Waals surface area contributed by atoms with Crippen molar-refractivity contribution in [3.05, 3.63) is 0 Å². The number of esters is 2. The van der Waals surface area contributed by atoms with Crippen molar-refractivity contribution in [3.8, 4) is 0 Å². The molecule has 0 aromatic heterocycles. The molecule has 0 amide bonds. The summed E-state index contributed by atoms with van der Waals surface area (Å²) in [6, 6.07) is 0. The fourth-order valence-electron chi connectivity index (χ4n) is 9.09. The van der Waals surface area contributed by atoms with Gasteiger partial charge in [-0.2, -0.15) is 0 Å². The van der Waals surface area contributed by atoms with Crippen LogP contribution in [0, 0.1) is 46.3 Å². The van der Waals surface area contributed by atoms with Crippen molar-refractivity contribution in [1.82, 2.24) is 0 Å². The summed E-state index contributed by atoms with van der Waals surface area (Å²) in [5, 5.41) is 9.18. The van der Waals surface area contributed by atoms with E-state index in [2.05, 4.69) is 20.8 Å². The number of carbonyl (C=O) groups excluding carboxylic acids is 3. The molecule has 1 N–H and O–H groups in total. The molecule has 0 spiro atoms. The number of methoxy groups -OCH3 is 1. The van der Waals surface area contributed by atoms with E-state index < -0.39 is 18.4 Å². The predicted octanol–water partition coefficient (Wildman–Crippen LogP) is 4.80. The minimum atomic E-state index is -1.17. The lowest BCUT2D eigenvalue weighted by Crippen LogP contribution is -2.59. The molecule has 4 rings (SSSR count). The Morgan fingerprint density at radius 3 is 2.51 bits per heavy atom. The van der Waals surface area contributed by atoms with E-state index in [1.54, 1.807) is 0 Å². The van der Waals surface area contributed by atoms with E-state index in [1.165, 1.54) is 7.11 Å². The van der Waals surface area contributed by atoms with Gasteiger partial charge in [0, 0.05) is 24.7 Å². The third kappa shape index (κ3) is 4.64. The SMILES string of the molecule is COC(=O)CC[C@@H](C)[C@H]1CC[C@H]2[C@@H]3CCC4CC(=O)CC[C@]4(C)[C@H]3C[C@H](OC(=O)CC(=O)O)[C@]12C. The van der Waals surface area contributed by atoms with Crippen LogP contribution in [0.5, 0.6) is 0 Å². The number of carboxylic acid groups (broad SMARTS) is 1. The van der Waals surface area contributed by atoms with Crippen molar-refractivity contribution in [1.29, 1.82) is 0 Å². The molecule has 4 aliphatic rings. The lowest BCUT2D eigenvalue weighted by atomic mass is 9.43. The Balaban J connectivity index is 1.64. The summed E-state index contributed by atoms with van der Waals surface area (Å²) < 4.78 is 10.9. The van der Waals surface area contributed by atoms with Crippen LogP contribution in [-0.2, 0) is 28.7 Å². The average molecular weight is 491 g/mol.